The highest BCUT2D eigenvalue weighted by molar-refractivity contribution is 5.92. The molecule has 0 unspecified atom stereocenters. The third-order valence-electron chi connectivity index (χ3n) is 3.91. The van der Waals surface area contributed by atoms with E-state index in [1.807, 2.05) is 0 Å². The third-order valence-corrected chi connectivity index (χ3v) is 3.91. The van der Waals surface area contributed by atoms with Gasteiger partial charge in [-0.2, -0.15) is 5.06 Å². The van der Waals surface area contributed by atoms with Crippen LogP contribution in [0.3, 0.4) is 0 Å². The molecule has 0 aliphatic carbocycles. The zero-order valence-electron chi connectivity index (χ0n) is 14.4. The lowest BCUT2D eigenvalue weighted by molar-refractivity contribution is -0.223. The van der Waals surface area contributed by atoms with Crippen LogP contribution in [-0.4, -0.2) is 71.9 Å². The van der Waals surface area contributed by atoms with Crippen molar-refractivity contribution < 1.29 is 33.1 Å². The molecule has 0 spiro atoms. The van der Waals surface area contributed by atoms with Gasteiger partial charge in [0.2, 0.25) is 11.8 Å². The van der Waals surface area contributed by atoms with Gasteiger partial charge in [-0.15, -0.1) is 0 Å². The number of urea groups is 1. The number of nitrogens with zero attached hydrogens (tertiary/aromatic N) is 2. The maximum atomic E-state index is 13.8. The molecule has 1 saturated heterocycles. The van der Waals surface area contributed by atoms with Crippen molar-refractivity contribution in [2.75, 3.05) is 19.7 Å². The van der Waals surface area contributed by atoms with Crippen LogP contribution in [0.15, 0.2) is 11.6 Å². The summed E-state index contributed by atoms with van der Waals surface area (Å²) in [5, 5.41) is 3.25. The Balaban J connectivity index is 2.05. The van der Waals surface area contributed by atoms with E-state index in [0.717, 1.165) is 5.06 Å². The van der Waals surface area contributed by atoms with Crippen LogP contribution < -0.4 is 11.1 Å². The molecule has 2 aliphatic heterocycles. The minimum Gasteiger partial charge on any atom is -0.462 e. The molecule has 144 valence electrons. The molecule has 0 radical (unpaired) electrons. The lowest BCUT2D eigenvalue weighted by Gasteiger charge is -2.29. The van der Waals surface area contributed by atoms with Crippen LogP contribution >= 0.6 is 0 Å². The van der Waals surface area contributed by atoms with Gasteiger partial charge in [0.05, 0.1) is 19.2 Å². The normalized spacial score (nSPS) is 22.7. The van der Waals surface area contributed by atoms with E-state index in [2.05, 4.69) is 10.1 Å². The predicted molar refractivity (Wildman–Crippen MR) is 84.7 cm³/mol. The number of alkyl halides is 1. The summed E-state index contributed by atoms with van der Waals surface area (Å²) in [6, 6.07) is -2.30. The Bertz CT molecular complexity index is 640. The van der Waals surface area contributed by atoms with Gasteiger partial charge in [-0.3, -0.25) is 9.59 Å². The van der Waals surface area contributed by atoms with Crippen LogP contribution in [0.5, 0.6) is 0 Å². The zero-order chi connectivity index (χ0) is 19.4. The average Bonchev–Trinajstić information content (AvgIpc) is 2.80. The minimum atomic E-state index is -2.45. The number of rotatable bonds is 8. The number of nitrogens with one attached hydrogen (secondary N) is 1. The molecule has 4 amide bonds. The fraction of sp³-hybridized carbons (Fsp3) is 0.600. The van der Waals surface area contributed by atoms with Gasteiger partial charge < -0.3 is 20.7 Å². The smallest absolute Gasteiger partial charge is 0.370 e. The van der Waals surface area contributed by atoms with Crippen molar-refractivity contribution in [3.05, 3.63) is 11.6 Å². The van der Waals surface area contributed by atoms with E-state index in [0.29, 0.717) is 5.57 Å². The van der Waals surface area contributed by atoms with E-state index in [1.165, 1.54) is 11.8 Å². The minimum absolute atomic E-state index is 0.0291. The van der Waals surface area contributed by atoms with Gasteiger partial charge >= 0.3 is 18.4 Å². The number of primary amides is 1. The molecule has 2 heterocycles. The first-order chi connectivity index (χ1) is 12.3. The first-order valence-corrected chi connectivity index (χ1v) is 8.07. The summed E-state index contributed by atoms with van der Waals surface area (Å²) in [6.45, 7) is 3.27. The summed E-state index contributed by atoms with van der Waals surface area (Å²) < 4.78 is 18.3. The lowest BCUT2D eigenvalue weighted by Crippen LogP contribution is -2.50. The second-order valence-corrected chi connectivity index (χ2v) is 5.82. The van der Waals surface area contributed by atoms with E-state index >= 15 is 0 Å². The van der Waals surface area contributed by atoms with Crippen LogP contribution in [0.4, 0.5) is 9.18 Å². The molecule has 0 aromatic carbocycles. The van der Waals surface area contributed by atoms with Crippen molar-refractivity contribution >= 4 is 23.8 Å². The van der Waals surface area contributed by atoms with E-state index in [-0.39, 0.29) is 26.1 Å². The number of nitrogens with two attached hydrogens (primary N) is 1. The van der Waals surface area contributed by atoms with Gasteiger partial charge in [-0.05, 0) is 19.4 Å². The molecule has 26 heavy (non-hydrogen) atoms. The van der Waals surface area contributed by atoms with E-state index < -0.39 is 42.3 Å². The van der Waals surface area contributed by atoms with Gasteiger partial charge in [0.1, 0.15) is 6.04 Å². The number of hydroxylamine groups is 2. The Morgan fingerprint density at radius 3 is 2.77 bits per heavy atom. The maximum absolute atomic E-state index is 13.8. The van der Waals surface area contributed by atoms with Gasteiger partial charge in [0.25, 0.3) is 0 Å². The van der Waals surface area contributed by atoms with Crippen molar-refractivity contribution in [1.29, 1.82) is 0 Å². The molecular weight excluding hydrogens is 351 g/mol. The van der Waals surface area contributed by atoms with E-state index in [9.17, 15) is 23.6 Å². The molecule has 3 N–H and O–H groups in total. The molecule has 0 aromatic heterocycles. The van der Waals surface area contributed by atoms with Crippen molar-refractivity contribution in [1.82, 2.24) is 15.3 Å². The van der Waals surface area contributed by atoms with Crippen molar-refractivity contribution in [3.63, 3.8) is 0 Å². The second-order valence-electron chi connectivity index (χ2n) is 5.82. The van der Waals surface area contributed by atoms with Crippen LogP contribution in [0.2, 0.25) is 0 Å². The zero-order valence-corrected chi connectivity index (χ0v) is 14.4. The number of esters is 1. The SMILES string of the molecule is CCOC(=O)[C@H](F)ON1C(=O)N2C[C@@H]1C=C(C)[C@H]2C(=O)NCCC(N)=O. The van der Waals surface area contributed by atoms with Crippen molar-refractivity contribution in [2.45, 2.75) is 38.7 Å². The largest absolute Gasteiger partial charge is 0.462 e. The number of hydrogen-bond donors (Lipinski definition) is 2. The summed E-state index contributed by atoms with van der Waals surface area (Å²) in [6.07, 6.45) is -0.885. The highest BCUT2D eigenvalue weighted by Crippen LogP contribution is 2.30. The van der Waals surface area contributed by atoms with Gasteiger partial charge in [0, 0.05) is 13.0 Å². The molecule has 2 bridgehead atoms. The summed E-state index contributed by atoms with van der Waals surface area (Å²) in [5.74, 6) is -2.29. The van der Waals surface area contributed by atoms with E-state index in [4.69, 9.17) is 10.6 Å². The molecule has 3 atom stereocenters. The van der Waals surface area contributed by atoms with Gasteiger partial charge in [-0.25, -0.2) is 18.8 Å². The number of hydrogen-bond acceptors (Lipinski definition) is 6. The summed E-state index contributed by atoms with van der Waals surface area (Å²) in [4.78, 5) is 52.9. The Kier molecular flexibility index (Phi) is 6.14. The molecule has 0 saturated carbocycles. The standard InChI is InChI=1S/C15H21FN4O6/c1-3-25-14(23)12(16)26-20-9-6-8(2)11(19(7-9)15(20)24)13(22)18-5-4-10(17)21/h6,9,11-12H,3-5,7H2,1-2H3,(H2,17,21)(H,18,22)/t9-,11-,12+/m0/s1. The van der Waals surface area contributed by atoms with E-state index in [1.54, 1.807) is 13.0 Å². The summed E-state index contributed by atoms with van der Waals surface area (Å²) in [7, 11) is 0. The number of fused-ring (bicyclic) bond motifs is 2. The van der Waals surface area contributed by atoms with Gasteiger partial charge in [-0.1, -0.05) is 6.08 Å². The number of carbonyl (C=O) groups is 4. The van der Waals surface area contributed by atoms with Crippen molar-refractivity contribution in [3.8, 4) is 0 Å². The topological polar surface area (TPSA) is 131 Å². The predicted octanol–water partition coefficient (Wildman–Crippen LogP) is -0.797. The molecular formula is C15H21FN4O6. The fourth-order valence-electron chi connectivity index (χ4n) is 2.83. The molecule has 0 aromatic rings. The van der Waals surface area contributed by atoms with Crippen molar-refractivity contribution in [2.24, 2.45) is 5.73 Å². The molecule has 10 nitrogen and oxygen atoms in total. The first kappa shape index (κ1) is 19.6. The monoisotopic (exact) mass is 372 g/mol. The lowest BCUT2D eigenvalue weighted by atomic mass is 10.00. The maximum Gasteiger partial charge on any atom is 0.370 e. The number of ether oxygens (including phenoxy) is 1. The summed E-state index contributed by atoms with van der Waals surface area (Å²) >= 11 is 0. The number of carbonyl (C=O) groups excluding carboxylic acids is 4. The molecule has 2 rings (SSSR count). The Hall–Kier alpha value is -2.69. The average molecular weight is 372 g/mol. The second kappa shape index (κ2) is 8.13. The van der Waals surface area contributed by atoms with Crippen LogP contribution in [0, 0.1) is 0 Å². The van der Waals surface area contributed by atoms with Crippen LogP contribution in [-0.2, 0) is 24.0 Å². The first-order valence-electron chi connectivity index (χ1n) is 8.07. The van der Waals surface area contributed by atoms with Crippen LogP contribution in [0.1, 0.15) is 20.3 Å². The Labute approximate surface area is 149 Å². The Morgan fingerprint density at radius 1 is 1.46 bits per heavy atom. The highest BCUT2D eigenvalue weighted by atomic mass is 19.1. The molecule has 11 heteroatoms. The number of amides is 4. The fourth-order valence-corrected chi connectivity index (χ4v) is 2.83. The summed E-state index contributed by atoms with van der Waals surface area (Å²) in [5.41, 5.74) is 5.57. The van der Waals surface area contributed by atoms with Gasteiger partial charge in [0.15, 0.2) is 0 Å². The van der Waals surface area contributed by atoms with Crippen LogP contribution in [0.25, 0.3) is 0 Å². The quantitative estimate of drug-likeness (QED) is 0.424. The number of halogens is 1. The Morgan fingerprint density at radius 2 is 2.15 bits per heavy atom. The highest BCUT2D eigenvalue weighted by Gasteiger charge is 2.48. The molecule has 2 aliphatic rings. The molecule has 1 fully saturated rings. The third kappa shape index (κ3) is 4.10.